The number of aryl methyl sites for hydroxylation is 1. The number of carbonyl (C=O) groups is 3. The molecule has 4 aromatic carbocycles. The van der Waals surface area contributed by atoms with Crippen LogP contribution >= 0.6 is 0 Å². The van der Waals surface area contributed by atoms with Gasteiger partial charge in [0, 0.05) is 22.9 Å². The molecule has 0 bridgehead atoms. The summed E-state index contributed by atoms with van der Waals surface area (Å²) in [5, 5.41) is 5.02. The Balaban J connectivity index is 1.51. The van der Waals surface area contributed by atoms with Crippen LogP contribution in [0.5, 0.6) is 0 Å². The van der Waals surface area contributed by atoms with Gasteiger partial charge in [-0.25, -0.2) is 0 Å². The number of fused-ring (bicyclic) bond motifs is 6. The summed E-state index contributed by atoms with van der Waals surface area (Å²) >= 11 is 0. The fraction of sp³-hybridized carbons (Fsp3) is 0.242. The molecule has 8 rings (SSSR count). The van der Waals surface area contributed by atoms with Crippen molar-refractivity contribution in [1.82, 2.24) is 4.90 Å². The van der Waals surface area contributed by atoms with Crippen LogP contribution in [-0.2, 0) is 15.7 Å². The van der Waals surface area contributed by atoms with Crippen LogP contribution in [0.25, 0.3) is 10.8 Å². The molecule has 2 spiro atoms. The molecule has 1 aliphatic carbocycles. The summed E-state index contributed by atoms with van der Waals surface area (Å²) in [6.45, 7) is 2.66. The molecule has 1 N–H and O–H groups in total. The van der Waals surface area contributed by atoms with Gasteiger partial charge in [-0.2, -0.15) is 0 Å². The summed E-state index contributed by atoms with van der Waals surface area (Å²) in [4.78, 5) is 46.5. The molecule has 2 fully saturated rings. The van der Waals surface area contributed by atoms with Crippen molar-refractivity contribution < 1.29 is 14.4 Å². The molecule has 5 nitrogen and oxygen atoms in total. The van der Waals surface area contributed by atoms with Crippen molar-refractivity contribution >= 4 is 33.9 Å². The van der Waals surface area contributed by atoms with E-state index in [4.69, 9.17) is 0 Å². The predicted molar refractivity (Wildman–Crippen MR) is 145 cm³/mol. The van der Waals surface area contributed by atoms with Crippen molar-refractivity contribution in [3.8, 4) is 0 Å². The van der Waals surface area contributed by atoms with E-state index < -0.39 is 16.9 Å². The van der Waals surface area contributed by atoms with E-state index >= 15 is 0 Å². The summed E-state index contributed by atoms with van der Waals surface area (Å²) in [7, 11) is 0. The van der Waals surface area contributed by atoms with Crippen molar-refractivity contribution in [2.75, 3.05) is 11.9 Å². The van der Waals surface area contributed by atoms with E-state index in [0.717, 1.165) is 40.3 Å². The largest absolute Gasteiger partial charge is 0.325 e. The van der Waals surface area contributed by atoms with Gasteiger partial charge >= 0.3 is 0 Å². The zero-order valence-corrected chi connectivity index (χ0v) is 21.0. The number of hydrogen-bond acceptors (Lipinski definition) is 4. The van der Waals surface area contributed by atoms with Gasteiger partial charge in [0.2, 0.25) is 5.91 Å². The Hall–Kier alpha value is -4.09. The summed E-state index contributed by atoms with van der Waals surface area (Å²) < 4.78 is 0. The molecule has 3 heterocycles. The highest BCUT2D eigenvalue weighted by Crippen LogP contribution is 2.68. The number of amides is 1. The highest BCUT2D eigenvalue weighted by atomic mass is 16.2. The first kappa shape index (κ1) is 21.9. The lowest BCUT2D eigenvalue weighted by Crippen LogP contribution is -2.61. The molecular formula is C33H26N2O3. The van der Waals surface area contributed by atoms with Crippen molar-refractivity contribution in [1.29, 1.82) is 0 Å². The SMILES string of the molecule is Cc1ccc(C(=O)[C@@H]2C3CCCN3[C@]3(C(=O)c4cccc5cccc3c45)[C@@]23C(=O)Nc2ccccc23)cc1. The second-order valence-corrected chi connectivity index (χ2v) is 11.2. The van der Waals surface area contributed by atoms with Crippen LogP contribution in [0.2, 0.25) is 0 Å². The normalized spacial score (nSPS) is 28.9. The number of para-hydroxylation sites is 1. The summed E-state index contributed by atoms with van der Waals surface area (Å²) in [6.07, 6.45) is 1.64. The molecule has 4 aliphatic rings. The van der Waals surface area contributed by atoms with E-state index in [1.54, 1.807) is 0 Å². The van der Waals surface area contributed by atoms with E-state index in [2.05, 4.69) is 10.2 Å². The van der Waals surface area contributed by atoms with Gasteiger partial charge in [0.05, 0.1) is 5.92 Å². The molecule has 0 aromatic heterocycles. The molecule has 4 atom stereocenters. The van der Waals surface area contributed by atoms with Gasteiger partial charge in [0.25, 0.3) is 0 Å². The number of nitrogens with zero attached hydrogens (tertiary/aromatic N) is 1. The topological polar surface area (TPSA) is 66.5 Å². The number of Topliss-reactive ketones (excluding diaryl/α,β-unsaturated/α-hetero) is 2. The Kier molecular flexibility index (Phi) is 4.20. The van der Waals surface area contributed by atoms with Crippen molar-refractivity contribution in [2.24, 2.45) is 5.92 Å². The molecule has 0 radical (unpaired) electrons. The van der Waals surface area contributed by atoms with Gasteiger partial charge in [-0.05, 0) is 54.3 Å². The second-order valence-electron chi connectivity index (χ2n) is 11.2. The fourth-order valence-corrected chi connectivity index (χ4v) is 8.34. The summed E-state index contributed by atoms with van der Waals surface area (Å²) in [5.41, 5.74) is 1.91. The number of carbonyl (C=O) groups excluding carboxylic acids is 3. The van der Waals surface area contributed by atoms with Crippen molar-refractivity contribution in [2.45, 2.75) is 36.8 Å². The van der Waals surface area contributed by atoms with Gasteiger partial charge in [-0.3, -0.25) is 19.3 Å². The number of rotatable bonds is 2. The number of anilines is 1. The first-order valence-corrected chi connectivity index (χ1v) is 13.4. The third-order valence-electron chi connectivity index (χ3n) is 9.60. The van der Waals surface area contributed by atoms with Crippen LogP contribution in [0, 0.1) is 12.8 Å². The van der Waals surface area contributed by atoms with E-state index in [0.29, 0.717) is 23.4 Å². The zero-order chi connectivity index (χ0) is 25.8. The smallest absolute Gasteiger partial charge is 0.238 e. The molecule has 2 saturated heterocycles. The Labute approximate surface area is 220 Å². The molecule has 5 heteroatoms. The zero-order valence-electron chi connectivity index (χ0n) is 21.0. The molecule has 1 unspecified atom stereocenters. The third-order valence-corrected chi connectivity index (χ3v) is 9.60. The molecular weight excluding hydrogens is 472 g/mol. The molecule has 0 saturated carbocycles. The molecule has 186 valence electrons. The van der Waals surface area contributed by atoms with Crippen LogP contribution in [-0.4, -0.2) is 35.0 Å². The second kappa shape index (κ2) is 7.27. The first-order chi connectivity index (χ1) is 18.5. The van der Waals surface area contributed by atoms with E-state index in [-0.39, 0.29) is 23.5 Å². The maximum absolute atomic E-state index is 15.0. The minimum atomic E-state index is -1.39. The lowest BCUT2D eigenvalue weighted by Gasteiger charge is -2.44. The Morgan fingerprint density at radius 1 is 0.895 bits per heavy atom. The van der Waals surface area contributed by atoms with Crippen LogP contribution in [0.3, 0.4) is 0 Å². The Bertz CT molecular complexity index is 1720. The third kappa shape index (κ3) is 2.27. The minimum absolute atomic E-state index is 0.0674. The standard InChI is InChI=1S/C33H26N2O3/c1-19-14-16-21(17-15-19)29(36)28-26-13-6-18-35(26)33(32(28)23-10-2-3-12-25(23)34-31(32)38)24-11-5-8-20-7-4-9-22(27(20)24)30(33)37/h2-5,7-12,14-17,26,28H,6,13,18H2,1H3,(H,34,38)/t26?,28-,32+,33+/m0/s1. The van der Waals surface area contributed by atoms with Gasteiger partial charge in [-0.1, -0.05) is 84.4 Å². The maximum atomic E-state index is 15.0. The van der Waals surface area contributed by atoms with Crippen LogP contribution in [0.4, 0.5) is 5.69 Å². The summed E-state index contributed by atoms with van der Waals surface area (Å²) in [6, 6.07) is 26.9. The number of ketones is 2. The molecule has 38 heavy (non-hydrogen) atoms. The molecule has 4 aromatic rings. The van der Waals surface area contributed by atoms with Crippen molar-refractivity contribution in [3.05, 3.63) is 113 Å². The Morgan fingerprint density at radius 3 is 2.45 bits per heavy atom. The maximum Gasteiger partial charge on any atom is 0.238 e. The van der Waals surface area contributed by atoms with E-state index in [1.165, 1.54) is 0 Å². The van der Waals surface area contributed by atoms with Crippen LogP contribution in [0.15, 0.2) is 84.9 Å². The van der Waals surface area contributed by atoms with E-state index in [1.807, 2.05) is 91.9 Å². The number of nitrogens with one attached hydrogen (secondary N) is 1. The van der Waals surface area contributed by atoms with Crippen LogP contribution in [0.1, 0.15) is 50.2 Å². The number of hydrogen-bond donors (Lipinski definition) is 1. The number of benzene rings is 4. The van der Waals surface area contributed by atoms with Gasteiger partial charge in [0.1, 0.15) is 11.0 Å². The fourth-order valence-electron chi connectivity index (χ4n) is 8.34. The Morgan fingerprint density at radius 2 is 1.63 bits per heavy atom. The summed E-state index contributed by atoms with van der Waals surface area (Å²) in [5.74, 6) is -1.09. The molecule has 3 aliphatic heterocycles. The minimum Gasteiger partial charge on any atom is -0.325 e. The lowest BCUT2D eigenvalue weighted by atomic mass is 9.56. The monoisotopic (exact) mass is 498 g/mol. The first-order valence-electron chi connectivity index (χ1n) is 13.4. The lowest BCUT2D eigenvalue weighted by molar-refractivity contribution is -0.124. The van der Waals surface area contributed by atoms with Crippen LogP contribution < -0.4 is 5.32 Å². The highest BCUT2D eigenvalue weighted by Gasteiger charge is 2.80. The van der Waals surface area contributed by atoms with Gasteiger partial charge in [-0.15, -0.1) is 0 Å². The average Bonchev–Trinajstić information content (AvgIpc) is 3.65. The quantitative estimate of drug-likeness (QED) is 0.376. The predicted octanol–water partition coefficient (Wildman–Crippen LogP) is 5.41. The van der Waals surface area contributed by atoms with Gasteiger partial charge < -0.3 is 5.32 Å². The van der Waals surface area contributed by atoms with E-state index in [9.17, 15) is 14.4 Å². The highest BCUT2D eigenvalue weighted by molar-refractivity contribution is 6.27. The average molecular weight is 499 g/mol. The van der Waals surface area contributed by atoms with Gasteiger partial charge in [0.15, 0.2) is 11.6 Å². The van der Waals surface area contributed by atoms with Crippen molar-refractivity contribution in [3.63, 3.8) is 0 Å². The molecule has 1 amide bonds.